The van der Waals surface area contributed by atoms with Crippen LogP contribution in [-0.4, -0.2) is 25.8 Å². The van der Waals surface area contributed by atoms with Crippen molar-refractivity contribution in [3.8, 4) is 0 Å². The molecular formula is H4AlBCl3Na. The maximum absolute atomic E-state index is 0. The third-order valence-electron chi connectivity index (χ3n) is 0. The Balaban J connectivity index is 0. The summed E-state index contributed by atoms with van der Waals surface area (Å²) in [5, 5.41) is 0. The molecule has 0 amide bonds. The summed E-state index contributed by atoms with van der Waals surface area (Å²) in [6.45, 7) is 0. The van der Waals surface area contributed by atoms with Gasteiger partial charge in [0.2, 0.25) is 0 Å². The number of hydrogen-bond donors (Lipinski definition) is 0. The monoisotopic (exact) mass is 170 g/mol. The number of hydrogen-bond acceptors (Lipinski definition) is 0. The largest absolute Gasteiger partial charge is 3.00 e. The molecule has 0 fully saturated rings. The second-order valence-corrected chi connectivity index (χ2v) is 0. The number of halogens is 3. The maximum atomic E-state index is 0. The maximum Gasteiger partial charge on any atom is 3.00 e. The first-order valence-corrected chi connectivity index (χ1v) is 0. The SMILES string of the molecule is [Al+3].[BH4-].[Cl-].[Cl-].[Cl-].[Na+]. The predicted octanol–water partition coefficient (Wildman–Crippen LogP) is -13.8. The van der Waals surface area contributed by atoms with Crippen LogP contribution in [0.3, 0.4) is 0 Å². The van der Waals surface area contributed by atoms with E-state index in [0.29, 0.717) is 0 Å². The molecule has 0 aliphatic heterocycles. The first-order chi connectivity index (χ1) is 0. The van der Waals surface area contributed by atoms with Crippen LogP contribution < -0.4 is 66.8 Å². The molecule has 0 aliphatic carbocycles. The van der Waals surface area contributed by atoms with Crippen LogP contribution in [0.15, 0.2) is 0 Å². The van der Waals surface area contributed by atoms with Crippen LogP contribution in [0.1, 0.15) is 0 Å². The second kappa shape index (κ2) is 51.3. The van der Waals surface area contributed by atoms with Gasteiger partial charge in [-0.2, -0.15) is 0 Å². The van der Waals surface area contributed by atoms with Crippen molar-refractivity contribution >= 4 is 25.8 Å². The Bertz CT molecular complexity index is 10.8. The van der Waals surface area contributed by atoms with Crippen LogP contribution >= 0.6 is 0 Å². The van der Waals surface area contributed by atoms with Crippen LogP contribution in [-0.2, 0) is 0 Å². The van der Waals surface area contributed by atoms with Gasteiger partial charge in [0.25, 0.3) is 0 Å². The van der Waals surface area contributed by atoms with Crippen LogP contribution in [0.25, 0.3) is 0 Å². The van der Waals surface area contributed by atoms with E-state index in [1.807, 2.05) is 0 Å². The van der Waals surface area contributed by atoms with Gasteiger partial charge >= 0.3 is 46.9 Å². The van der Waals surface area contributed by atoms with Crippen molar-refractivity contribution in [1.29, 1.82) is 0 Å². The predicted molar refractivity (Wildman–Crippen MR) is 17.1 cm³/mol. The molecule has 6 heavy (non-hydrogen) atoms. The Morgan fingerprint density at radius 1 is 0.667 bits per heavy atom. The summed E-state index contributed by atoms with van der Waals surface area (Å²) in [4.78, 5) is 0. The van der Waals surface area contributed by atoms with Gasteiger partial charge in [0, 0.05) is 0 Å². The Hall–Kier alpha value is 2.47. The van der Waals surface area contributed by atoms with Crippen molar-refractivity contribution in [2.75, 3.05) is 0 Å². The van der Waals surface area contributed by atoms with Gasteiger partial charge in [-0.3, -0.25) is 0 Å². The molecule has 0 radical (unpaired) electrons. The third-order valence-corrected chi connectivity index (χ3v) is 0. The molecule has 0 bridgehead atoms. The molecule has 0 aromatic carbocycles. The molecule has 0 spiro atoms. The fourth-order valence-corrected chi connectivity index (χ4v) is 0. The molecule has 0 atom stereocenters. The smallest absolute Gasteiger partial charge is 1.00 e. The second-order valence-electron chi connectivity index (χ2n) is 0. The Kier molecular flexibility index (Phi) is 663. The van der Waals surface area contributed by atoms with Gasteiger partial charge < -0.3 is 37.2 Å². The zero-order valence-electron chi connectivity index (χ0n) is 2.71. The van der Waals surface area contributed by atoms with Crippen molar-refractivity contribution < 1.29 is 66.8 Å². The van der Waals surface area contributed by atoms with E-state index in [1.54, 1.807) is 0 Å². The van der Waals surface area contributed by atoms with E-state index in [9.17, 15) is 0 Å². The summed E-state index contributed by atoms with van der Waals surface area (Å²) < 4.78 is 0. The molecule has 6 heteroatoms. The van der Waals surface area contributed by atoms with Crippen molar-refractivity contribution in [2.45, 2.75) is 0 Å². The molecule has 0 aromatic heterocycles. The average molecular weight is 171 g/mol. The van der Waals surface area contributed by atoms with E-state index in [-0.39, 0.29) is 92.6 Å². The summed E-state index contributed by atoms with van der Waals surface area (Å²) in [6.07, 6.45) is 0. The quantitative estimate of drug-likeness (QED) is 0.318. The van der Waals surface area contributed by atoms with Gasteiger partial charge in [-0.05, 0) is 0 Å². The summed E-state index contributed by atoms with van der Waals surface area (Å²) >= 11 is 0. The van der Waals surface area contributed by atoms with Crippen molar-refractivity contribution in [3.05, 3.63) is 0 Å². The summed E-state index contributed by atoms with van der Waals surface area (Å²) in [5.74, 6) is 0. The van der Waals surface area contributed by atoms with E-state index in [1.165, 1.54) is 0 Å². The minimum Gasteiger partial charge on any atom is -1.00 e. The fraction of sp³-hybridized carbons (Fsp3) is 0. The van der Waals surface area contributed by atoms with Gasteiger partial charge in [-0.15, -0.1) is 0 Å². The van der Waals surface area contributed by atoms with Gasteiger partial charge in [0.15, 0.2) is 0 Å². The molecule has 32 valence electrons. The van der Waals surface area contributed by atoms with E-state index in [2.05, 4.69) is 0 Å². The molecule has 0 saturated heterocycles. The molecule has 0 aliphatic rings. The van der Waals surface area contributed by atoms with Crippen molar-refractivity contribution in [3.63, 3.8) is 0 Å². The Morgan fingerprint density at radius 3 is 0.667 bits per heavy atom. The van der Waals surface area contributed by atoms with Gasteiger partial charge in [-0.1, -0.05) is 8.41 Å². The zero-order chi connectivity index (χ0) is 0. The molecule has 0 unspecified atom stereocenters. The van der Waals surface area contributed by atoms with Crippen LogP contribution in [0.2, 0.25) is 0 Å². The van der Waals surface area contributed by atoms with Gasteiger partial charge in [-0.25, -0.2) is 0 Å². The molecule has 0 aromatic rings. The summed E-state index contributed by atoms with van der Waals surface area (Å²) in [5.41, 5.74) is 0. The molecule has 0 N–H and O–H groups in total. The minimum absolute atomic E-state index is 0. The van der Waals surface area contributed by atoms with E-state index in [4.69, 9.17) is 0 Å². The summed E-state index contributed by atoms with van der Waals surface area (Å²) in [6, 6.07) is 0. The number of rotatable bonds is 0. The van der Waals surface area contributed by atoms with Gasteiger partial charge in [0.05, 0.1) is 0 Å². The summed E-state index contributed by atoms with van der Waals surface area (Å²) in [7, 11) is 0. The molecule has 0 heterocycles. The topological polar surface area (TPSA) is 0 Å². The first-order valence-electron chi connectivity index (χ1n) is 0. The first kappa shape index (κ1) is 77.6. The average Bonchev–Trinajstić information content (AvgIpc) is 0. The van der Waals surface area contributed by atoms with Crippen LogP contribution in [0.4, 0.5) is 0 Å². The third kappa shape index (κ3) is 31.8. The zero-order valence-corrected chi connectivity index (χ0v) is 8.13. The van der Waals surface area contributed by atoms with Crippen LogP contribution in [0, 0.1) is 0 Å². The molecule has 0 nitrogen and oxygen atoms in total. The molecular weight excluding hydrogens is 167 g/mol. The van der Waals surface area contributed by atoms with Crippen LogP contribution in [0.5, 0.6) is 0 Å². The van der Waals surface area contributed by atoms with Crippen molar-refractivity contribution in [1.82, 2.24) is 0 Å². The normalized spacial score (nSPS) is 0. The van der Waals surface area contributed by atoms with E-state index >= 15 is 0 Å². The van der Waals surface area contributed by atoms with E-state index < -0.39 is 0 Å². The van der Waals surface area contributed by atoms with E-state index in [0.717, 1.165) is 0 Å². The fourth-order valence-electron chi connectivity index (χ4n) is 0. The minimum atomic E-state index is 0. The Morgan fingerprint density at radius 2 is 0.667 bits per heavy atom. The molecule has 0 rings (SSSR count). The standard InChI is InChI=1S/Al.BH4.3ClH.Na/h;1H4;3*1H;/q+3;-1;;;;+1/p-3. The van der Waals surface area contributed by atoms with Gasteiger partial charge in [0.1, 0.15) is 0 Å². The molecule has 0 saturated carbocycles. The van der Waals surface area contributed by atoms with Crippen molar-refractivity contribution in [2.24, 2.45) is 0 Å². The Labute approximate surface area is 91.4 Å².